The van der Waals surface area contributed by atoms with Crippen LogP contribution in [0.2, 0.25) is 0 Å². The number of likely N-dealkylation sites (tertiary alicyclic amines) is 2. The van der Waals surface area contributed by atoms with Crippen LogP contribution >= 0.6 is 0 Å². The van der Waals surface area contributed by atoms with Crippen molar-refractivity contribution in [1.29, 1.82) is 0 Å². The zero-order chi connectivity index (χ0) is 15.4. The topological polar surface area (TPSA) is 43.8 Å². The summed E-state index contributed by atoms with van der Waals surface area (Å²) in [4.78, 5) is 16.7. The molecule has 1 N–H and O–H groups in total. The molecule has 2 aliphatic heterocycles. The van der Waals surface area contributed by atoms with Crippen LogP contribution in [-0.4, -0.2) is 46.5 Å². The van der Waals surface area contributed by atoms with E-state index >= 15 is 0 Å². The van der Waals surface area contributed by atoms with E-state index in [1.807, 2.05) is 12.1 Å². The molecular weight excluding hydrogens is 276 g/mol. The van der Waals surface area contributed by atoms with Crippen molar-refractivity contribution in [2.45, 2.75) is 51.3 Å². The maximum absolute atomic E-state index is 12.1. The van der Waals surface area contributed by atoms with Crippen molar-refractivity contribution in [3.63, 3.8) is 0 Å². The van der Waals surface area contributed by atoms with Crippen LogP contribution in [0.25, 0.3) is 0 Å². The van der Waals surface area contributed by atoms with E-state index in [1.165, 1.54) is 12.0 Å². The molecule has 0 spiro atoms. The van der Waals surface area contributed by atoms with Crippen molar-refractivity contribution in [2.75, 3.05) is 19.6 Å². The molecule has 2 aliphatic rings. The Morgan fingerprint density at radius 2 is 1.82 bits per heavy atom. The first kappa shape index (κ1) is 15.5. The molecule has 1 aromatic carbocycles. The first-order valence-corrected chi connectivity index (χ1v) is 8.47. The van der Waals surface area contributed by atoms with Gasteiger partial charge in [0.05, 0.1) is 6.61 Å². The van der Waals surface area contributed by atoms with Crippen LogP contribution in [-0.2, 0) is 17.9 Å². The zero-order valence-electron chi connectivity index (χ0n) is 13.2. The molecule has 1 amide bonds. The summed E-state index contributed by atoms with van der Waals surface area (Å²) < 4.78 is 0. The van der Waals surface area contributed by atoms with Crippen LogP contribution in [0.5, 0.6) is 0 Å². The molecule has 2 saturated heterocycles. The van der Waals surface area contributed by atoms with Crippen LogP contribution in [0.4, 0.5) is 0 Å². The van der Waals surface area contributed by atoms with Crippen LogP contribution in [0.3, 0.4) is 0 Å². The summed E-state index contributed by atoms with van der Waals surface area (Å²) in [6.45, 7) is 4.09. The van der Waals surface area contributed by atoms with E-state index in [-0.39, 0.29) is 6.61 Å². The summed E-state index contributed by atoms with van der Waals surface area (Å²) in [5.74, 6) is 0.352. The summed E-state index contributed by atoms with van der Waals surface area (Å²) in [6.07, 6.45) is 5.27. The highest BCUT2D eigenvalue weighted by molar-refractivity contribution is 5.77. The molecule has 0 aliphatic carbocycles. The summed E-state index contributed by atoms with van der Waals surface area (Å²) in [5.41, 5.74) is 2.24. The van der Waals surface area contributed by atoms with E-state index < -0.39 is 0 Å². The molecule has 0 saturated carbocycles. The van der Waals surface area contributed by atoms with E-state index in [4.69, 9.17) is 5.11 Å². The molecule has 2 heterocycles. The van der Waals surface area contributed by atoms with Gasteiger partial charge in [-0.1, -0.05) is 24.3 Å². The van der Waals surface area contributed by atoms with Crippen molar-refractivity contribution < 1.29 is 9.90 Å². The predicted octanol–water partition coefficient (Wildman–Crippen LogP) is 2.16. The van der Waals surface area contributed by atoms with E-state index in [2.05, 4.69) is 21.9 Å². The number of carbonyl (C=O) groups is 1. The number of aliphatic hydroxyl groups excluding tert-OH is 1. The van der Waals surface area contributed by atoms with Gasteiger partial charge in [0.25, 0.3) is 0 Å². The second-order valence-corrected chi connectivity index (χ2v) is 6.55. The minimum Gasteiger partial charge on any atom is -0.392 e. The van der Waals surface area contributed by atoms with Gasteiger partial charge in [-0.3, -0.25) is 9.69 Å². The molecular formula is C18H26N2O2. The first-order chi connectivity index (χ1) is 10.8. The third kappa shape index (κ3) is 3.68. The molecule has 1 aromatic rings. The number of piperidine rings is 2. The minimum atomic E-state index is 0.100. The van der Waals surface area contributed by atoms with Crippen LogP contribution < -0.4 is 0 Å². The summed E-state index contributed by atoms with van der Waals surface area (Å²) in [7, 11) is 0. The SMILES string of the molecule is O=C1CCCCN1C1CCCN(Cc2ccc(CO)cc2)C1. The van der Waals surface area contributed by atoms with Gasteiger partial charge in [0.2, 0.25) is 5.91 Å². The molecule has 4 nitrogen and oxygen atoms in total. The van der Waals surface area contributed by atoms with E-state index in [0.717, 1.165) is 57.4 Å². The fourth-order valence-corrected chi connectivity index (χ4v) is 3.65. The van der Waals surface area contributed by atoms with Gasteiger partial charge >= 0.3 is 0 Å². The number of hydrogen-bond donors (Lipinski definition) is 1. The Hall–Kier alpha value is -1.39. The normalized spacial score (nSPS) is 23.8. The second-order valence-electron chi connectivity index (χ2n) is 6.55. The Morgan fingerprint density at radius 1 is 1.05 bits per heavy atom. The van der Waals surface area contributed by atoms with Crippen LogP contribution in [0, 0.1) is 0 Å². The molecule has 1 atom stereocenters. The van der Waals surface area contributed by atoms with Crippen molar-refractivity contribution >= 4 is 5.91 Å². The maximum Gasteiger partial charge on any atom is 0.222 e. The van der Waals surface area contributed by atoms with E-state index in [9.17, 15) is 4.79 Å². The molecule has 4 heteroatoms. The van der Waals surface area contributed by atoms with Crippen molar-refractivity contribution in [3.8, 4) is 0 Å². The third-order valence-corrected chi connectivity index (χ3v) is 4.89. The Balaban J connectivity index is 1.58. The number of nitrogens with zero attached hydrogens (tertiary/aromatic N) is 2. The number of amides is 1. The average molecular weight is 302 g/mol. The fraction of sp³-hybridized carbons (Fsp3) is 0.611. The third-order valence-electron chi connectivity index (χ3n) is 4.89. The molecule has 2 fully saturated rings. The Labute approximate surface area is 132 Å². The zero-order valence-corrected chi connectivity index (χ0v) is 13.2. The lowest BCUT2D eigenvalue weighted by atomic mass is 9.99. The molecule has 3 rings (SSSR count). The molecule has 120 valence electrons. The van der Waals surface area contributed by atoms with Gasteiger partial charge < -0.3 is 10.0 Å². The second kappa shape index (κ2) is 7.25. The highest BCUT2D eigenvalue weighted by atomic mass is 16.3. The summed E-state index contributed by atoms with van der Waals surface area (Å²) in [5, 5.41) is 9.11. The van der Waals surface area contributed by atoms with Crippen molar-refractivity contribution in [1.82, 2.24) is 9.80 Å². The maximum atomic E-state index is 12.1. The monoisotopic (exact) mass is 302 g/mol. The lowest BCUT2D eigenvalue weighted by molar-refractivity contribution is -0.137. The molecule has 1 unspecified atom stereocenters. The smallest absolute Gasteiger partial charge is 0.222 e. The van der Waals surface area contributed by atoms with Gasteiger partial charge in [0.1, 0.15) is 0 Å². The predicted molar refractivity (Wildman–Crippen MR) is 86.2 cm³/mol. The minimum absolute atomic E-state index is 0.100. The van der Waals surface area contributed by atoms with Crippen LogP contribution in [0.15, 0.2) is 24.3 Å². The lowest BCUT2D eigenvalue weighted by Crippen LogP contribution is -2.51. The summed E-state index contributed by atoms with van der Waals surface area (Å²) in [6, 6.07) is 8.58. The number of benzene rings is 1. The summed E-state index contributed by atoms with van der Waals surface area (Å²) >= 11 is 0. The molecule has 22 heavy (non-hydrogen) atoms. The first-order valence-electron chi connectivity index (χ1n) is 8.47. The highest BCUT2D eigenvalue weighted by Crippen LogP contribution is 2.22. The van der Waals surface area contributed by atoms with Gasteiger partial charge in [-0.25, -0.2) is 0 Å². The van der Waals surface area contributed by atoms with Gasteiger partial charge in [-0.15, -0.1) is 0 Å². The Kier molecular flexibility index (Phi) is 5.11. The standard InChI is InChI=1S/C18H26N2O2/c21-14-16-8-6-15(7-9-16)12-19-10-3-4-17(13-19)20-11-2-1-5-18(20)22/h6-9,17,21H,1-5,10-14H2. The van der Waals surface area contributed by atoms with E-state index in [1.54, 1.807) is 0 Å². The quantitative estimate of drug-likeness (QED) is 0.927. The molecule has 0 bridgehead atoms. The average Bonchev–Trinajstić information content (AvgIpc) is 2.56. The number of hydrogen-bond acceptors (Lipinski definition) is 3. The van der Waals surface area contributed by atoms with Crippen LogP contribution in [0.1, 0.15) is 43.2 Å². The van der Waals surface area contributed by atoms with E-state index in [0.29, 0.717) is 11.9 Å². The fourth-order valence-electron chi connectivity index (χ4n) is 3.65. The molecule has 0 aromatic heterocycles. The number of rotatable bonds is 4. The Bertz CT molecular complexity index is 500. The number of carbonyl (C=O) groups excluding carboxylic acids is 1. The van der Waals surface area contributed by atoms with Gasteiger partial charge in [0.15, 0.2) is 0 Å². The highest BCUT2D eigenvalue weighted by Gasteiger charge is 2.29. The van der Waals surface area contributed by atoms with Gasteiger partial charge in [-0.05, 0) is 43.4 Å². The van der Waals surface area contributed by atoms with Gasteiger partial charge in [0, 0.05) is 32.1 Å². The van der Waals surface area contributed by atoms with Gasteiger partial charge in [-0.2, -0.15) is 0 Å². The van der Waals surface area contributed by atoms with Crippen molar-refractivity contribution in [2.24, 2.45) is 0 Å². The Morgan fingerprint density at radius 3 is 2.55 bits per heavy atom. The largest absolute Gasteiger partial charge is 0.392 e. The van der Waals surface area contributed by atoms with Crippen molar-refractivity contribution in [3.05, 3.63) is 35.4 Å². The molecule has 0 radical (unpaired) electrons. The lowest BCUT2D eigenvalue weighted by Gasteiger charge is -2.41. The number of aliphatic hydroxyl groups is 1.